The van der Waals surface area contributed by atoms with Gasteiger partial charge in [-0.1, -0.05) is 6.92 Å². The summed E-state index contributed by atoms with van der Waals surface area (Å²) in [5, 5.41) is 4.84. The van der Waals surface area contributed by atoms with Crippen molar-refractivity contribution in [3.05, 3.63) is 16.1 Å². The lowest BCUT2D eigenvalue weighted by Gasteiger charge is -2.40. The molecule has 1 saturated heterocycles. The number of hydrogen-bond acceptors (Lipinski definition) is 5. The first-order valence-corrected chi connectivity index (χ1v) is 9.19. The minimum absolute atomic E-state index is 0.0644. The second-order valence-electron chi connectivity index (χ2n) is 7.46. The molecule has 2 heterocycles. The third-order valence-electron chi connectivity index (χ3n) is 4.11. The van der Waals surface area contributed by atoms with E-state index in [4.69, 9.17) is 4.74 Å². The molecule has 1 amide bonds. The first kappa shape index (κ1) is 18.2. The maximum absolute atomic E-state index is 12.1. The van der Waals surface area contributed by atoms with Gasteiger partial charge in [-0.05, 0) is 47.0 Å². The normalized spacial score (nSPS) is 18.0. The van der Waals surface area contributed by atoms with Crippen LogP contribution in [0.3, 0.4) is 0 Å². The second-order valence-corrected chi connectivity index (χ2v) is 8.66. The zero-order valence-electron chi connectivity index (χ0n) is 14.9. The van der Waals surface area contributed by atoms with Gasteiger partial charge in [-0.2, -0.15) is 0 Å². The van der Waals surface area contributed by atoms with Gasteiger partial charge in [0.05, 0.1) is 5.01 Å². The van der Waals surface area contributed by atoms with Crippen LogP contribution in [0.2, 0.25) is 0 Å². The molecular weight excluding hydrogens is 310 g/mol. The van der Waals surface area contributed by atoms with Gasteiger partial charge in [0, 0.05) is 36.2 Å². The maximum atomic E-state index is 12.1. The summed E-state index contributed by atoms with van der Waals surface area (Å²) in [7, 11) is 0. The molecule has 1 N–H and O–H groups in total. The van der Waals surface area contributed by atoms with Crippen molar-refractivity contribution in [1.29, 1.82) is 0 Å². The Balaban J connectivity index is 1.81. The SMILES string of the molecule is CCc1ncc(CNC2(C)CCN(C(=O)OC(C)(C)C)CC2)s1. The molecule has 0 bridgehead atoms. The van der Waals surface area contributed by atoms with Gasteiger partial charge in [0.25, 0.3) is 0 Å². The van der Waals surface area contributed by atoms with E-state index in [1.807, 2.05) is 31.9 Å². The largest absolute Gasteiger partial charge is 0.444 e. The van der Waals surface area contributed by atoms with Crippen molar-refractivity contribution < 1.29 is 9.53 Å². The van der Waals surface area contributed by atoms with E-state index in [1.165, 1.54) is 9.88 Å². The number of thiazole rings is 1. The van der Waals surface area contributed by atoms with Crippen LogP contribution >= 0.6 is 11.3 Å². The molecule has 2 rings (SSSR count). The summed E-state index contributed by atoms with van der Waals surface area (Å²) in [6, 6.07) is 0. The fourth-order valence-electron chi connectivity index (χ4n) is 2.58. The molecule has 0 radical (unpaired) electrons. The van der Waals surface area contributed by atoms with E-state index >= 15 is 0 Å². The van der Waals surface area contributed by atoms with E-state index in [-0.39, 0.29) is 11.6 Å². The second kappa shape index (κ2) is 7.18. The Labute approximate surface area is 143 Å². The van der Waals surface area contributed by atoms with Crippen LogP contribution in [0.15, 0.2) is 6.20 Å². The average molecular weight is 340 g/mol. The van der Waals surface area contributed by atoms with Gasteiger partial charge in [0.15, 0.2) is 0 Å². The fraction of sp³-hybridized carbons (Fsp3) is 0.765. The Morgan fingerprint density at radius 3 is 2.61 bits per heavy atom. The standard InChI is InChI=1S/C17H29N3O2S/c1-6-14-18-11-13(23-14)12-19-17(5)7-9-20(10-8-17)15(21)22-16(2,3)4/h11,19H,6-10,12H2,1-5H3. The number of amides is 1. The first-order chi connectivity index (χ1) is 10.7. The predicted molar refractivity (Wildman–Crippen MR) is 93.8 cm³/mol. The molecule has 0 aromatic carbocycles. The van der Waals surface area contributed by atoms with Crippen molar-refractivity contribution in [2.45, 2.75) is 71.6 Å². The molecule has 1 aliphatic heterocycles. The number of ether oxygens (including phenoxy) is 1. The smallest absolute Gasteiger partial charge is 0.410 e. The molecule has 23 heavy (non-hydrogen) atoms. The highest BCUT2D eigenvalue weighted by Crippen LogP contribution is 2.24. The summed E-state index contributed by atoms with van der Waals surface area (Å²) < 4.78 is 5.45. The van der Waals surface area contributed by atoms with Gasteiger partial charge >= 0.3 is 6.09 Å². The van der Waals surface area contributed by atoms with Crippen molar-refractivity contribution in [2.24, 2.45) is 0 Å². The highest BCUT2D eigenvalue weighted by molar-refractivity contribution is 7.11. The molecule has 1 aromatic rings. The van der Waals surface area contributed by atoms with Crippen LogP contribution in [-0.4, -0.2) is 40.2 Å². The molecule has 0 unspecified atom stereocenters. The molecule has 0 spiro atoms. The molecule has 0 aliphatic carbocycles. The van der Waals surface area contributed by atoms with Gasteiger partial charge < -0.3 is 15.0 Å². The molecule has 6 heteroatoms. The van der Waals surface area contributed by atoms with Crippen LogP contribution in [0.25, 0.3) is 0 Å². The van der Waals surface area contributed by atoms with Crippen LogP contribution in [0.1, 0.15) is 57.3 Å². The van der Waals surface area contributed by atoms with Crippen molar-refractivity contribution in [1.82, 2.24) is 15.2 Å². The van der Waals surface area contributed by atoms with Gasteiger partial charge in [-0.25, -0.2) is 9.78 Å². The lowest BCUT2D eigenvalue weighted by Crippen LogP contribution is -2.52. The Morgan fingerprint density at radius 1 is 1.43 bits per heavy atom. The van der Waals surface area contributed by atoms with E-state index in [1.54, 1.807) is 11.3 Å². The molecule has 5 nitrogen and oxygen atoms in total. The van der Waals surface area contributed by atoms with E-state index in [2.05, 4.69) is 24.1 Å². The molecule has 0 saturated carbocycles. The Hall–Kier alpha value is -1.14. The first-order valence-electron chi connectivity index (χ1n) is 8.37. The van der Waals surface area contributed by atoms with Gasteiger partial charge in [-0.15, -0.1) is 11.3 Å². The third kappa shape index (κ3) is 5.46. The van der Waals surface area contributed by atoms with E-state index in [0.29, 0.717) is 0 Å². The van der Waals surface area contributed by atoms with Crippen LogP contribution in [0.4, 0.5) is 4.79 Å². The summed E-state index contributed by atoms with van der Waals surface area (Å²) in [4.78, 5) is 19.6. The number of rotatable bonds is 4. The number of piperidine rings is 1. The number of carbonyl (C=O) groups is 1. The maximum Gasteiger partial charge on any atom is 0.410 e. The number of aromatic nitrogens is 1. The Kier molecular flexibility index (Phi) is 5.68. The number of nitrogens with one attached hydrogen (secondary N) is 1. The minimum atomic E-state index is -0.431. The van der Waals surface area contributed by atoms with Crippen molar-refractivity contribution in [3.63, 3.8) is 0 Å². The average Bonchev–Trinajstić information content (AvgIpc) is 2.92. The summed E-state index contributed by atoms with van der Waals surface area (Å²) >= 11 is 1.77. The molecule has 130 valence electrons. The van der Waals surface area contributed by atoms with Crippen LogP contribution in [0.5, 0.6) is 0 Å². The van der Waals surface area contributed by atoms with E-state index in [9.17, 15) is 4.79 Å². The fourth-order valence-corrected chi connectivity index (χ4v) is 3.38. The zero-order chi connectivity index (χ0) is 17.1. The number of aryl methyl sites for hydroxylation is 1. The van der Waals surface area contributed by atoms with Crippen LogP contribution < -0.4 is 5.32 Å². The predicted octanol–water partition coefficient (Wildman–Crippen LogP) is 3.58. The molecule has 1 aromatic heterocycles. The Bertz CT molecular complexity index is 528. The number of nitrogens with zero attached hydrogens (tertiary/aromatic N) is 2. The van der Waals surface area contributed by atoms with Gasteiger partial charge in [0.1, 0.15) is 5.60 Å². The number of hydrogen-bond donors (Lipinski definition) is 1. The van der Waals surface area contributed by atoms with Gasteiger partial charge in [0.2, 0.25) is 0 Å². The van der Waals surface area contributed by atoms with E-state index in [0.717, 1.165) is 38.9 Å². The summed E-state index contributed by atoms with van der Waals surface area (Å²) in [6.07, 6.45) is 4.63. The highest BCUT2D eigenvalue weighted by atomic mass is 32.1. The zero-order valence-corrected chi connectivity index (χ0v) is 15.8. The quantitative estimate of drug-likeness (QED) is 0.911. The lowest BCUT2D eigenvalue weighted by atomic mass is 9.90. The van der Waals surface area contributed by atoms with Crippen LogP contribution in [0, 0.1) is 0 Å². The lowest BCUT2D eigenvalue weighted by molar-refractivity contribution is 0.0157. The van der Waals surface area contributed by atoms with Crippen LogP contribution in [-0.2, 0) is 17.7 Å². The topological polar surface area (TPSA) is 54.5 Å². The Morgan fingerprint density at radius 2 is 2.09 bits per heavy atom. The number of carbonyl (C=O) groups excluding carboxylic acids is 1. The van der Waals surface area contributed by atoms with E-state index < -0.39 is 5.60 Å². The van der Waals surface area contributed by atoms with Crippen molar-refractivity contribution >= 4 is 17.4 Å². The minimum Gasteiger partial charge on any atom is -0.444 e. The molecule has 1 aliphatic rings. The molecule has 0 atom stereocenters. The summed E-state index contributed by atoms with van der Waals surface area (Å²) in [5.41, 5.74) is -0.367. The monoisotopic (exact) mass is 339 g/mol. The van der Waals surface area contributed by atoms with Crippen molar-refractivity contribution in [2.75, 3.05) is 13.1 Å². The number of likely N-dealkylation sites (tertiary alicyclic amines) is 1. The third-order valence-corrected chi connectivity index (χ3v) is 5.25. The highest BCUT2D eigenvalue weighted by Gasteiger charge is 2.33. The molecule has 1 fully saturated rings. The summed E-state index contributed by atoms with van der Waals surface area (Å²) in [5.74, 6) is 0. The summed E-state index contributed by atoms with van der Waals surface area (Å²) in [6.45, 7) is 12.4. The van der Waals surface area contributed by atoms with Crippen molar-refractivity contribution in [3.8, 4) is 0 Å². The molecular formula is C17H29N3O2S. The van der Waals surface area contributed by atoms with Gasteiger partial charge in [-0.3, -0.25) is 0 Å².